The van der Waals surface area contributed by atoms with E-state index in [1.807, 2.05) is 0 Å². The van der Waals surface area contributed by atoms with E-state index in [0.29, 0.717) is 31.6 Å². The molecule has 0 aliphatic carbocycles. The van der Waals surface area contributed by atoms with Crippen LogP contribution in [-0.2, 0) is 65.4 Å². The molecule has 0 aromatic heterocycles. The number of rotatable bonds is 86. The molecule has 0 amide bonds. The van der Waals surface area contributed by atoms with Crippen molar-refractivity contribution in [3.8, 4) is 0 Å². The predicted molar refractivity (Wildman–Crippen MR) is 446 cm³/mol. The van der Waals surface area contributed by atoms with Gasteiger partial charge in [-0.1, -0.05) is 415 Å². The Morgan fingerprint density at radius 1 is 0.259 bits per heavy atom. The lowest BCUT2D eigenvalue weighted by molar-refractivity contribution is -0.161. The first-order valence-electron chi connectivity index (χ1n) is 45.8. The molecule has 0 saturated carbocycles. The molecule has 0 fully saturated rings. The minimum absolute atomic E-state index is 0.107. The quantitative estimate of drug-likeness (QED) is 0.0222. The summed E-state index contributed by atoms with van der Waals surface area (Å²) >= 11 is 0. The molecule has 0 aromatic rings. The van der Waals surface area contributed by atoms with E-state index in [4.69, 9.17) is 37.0 Å². The first kappa shape index (κ1) is 106. The number of carbonyl (C=O) groups is 4. The molecule has 8 atom stereocenters. The van der Waals surface area contributed by atoms with Crippen molar-refractivity contribution in [1.82, 2.24) is 0 Å². The molecule has 6 unspecified atom stereocenters. The van der Waals surface area contributed by atoms with Crippen LogP contribution in [0.5, 0.6) is 0 Å². The van der Waals surface area contributed by atoms with Crippen LogP contribution in [0.3, 0.4) is 0 Å². The van der Waals surface area contributed by atoms with Crippen LogP contribution >= 0.6 is 15.6 Å². The highest BCUT2D eigenvalue weighted by atomic mass is 31.2. The highest BCUT2D eigenvalue weighted by molar-refractivity contribution is 7.47. The van der Waals surface area contributed by atoms with Crippen molar-refractivity contribution in [2.75, 3.05) is 39.6 Å². The van der Waals surface area contributed by atoms with Crippen LogP contribution in [0, 0.1) is 23.7 Å². The van der Waals surface area contributed by atoms with Crippen LogP contribution < -0.4 is 0 Å². The van der Waals surface area contributed by atoms with E-state index in [1.165, 1.54) is 263 Å². The molecule has 0 aliphatic rings. The Kier molecular flexibility index (Phi) is 76.2. The number of phosphoric ester groups is 2. The molecule has 19 heteroatoms. The average molecular weight is 1580 g/mol. The van der Waals surface area contributed by atoms with E-state index in [1.54, 1.807) is 0 Å². The first-order chi connectivity index (χ1) is 52.2. The smallest absolute Gasteiger partial charge is 0.462 e. The SMILES string of the molecule is CCC(C)CCCCCCCCCCCCCCCCCCCCC(=O)O[C@H](COC(=O)CCCCCCCCCCCCC(C)CC)COP(=O)(O)OCC(O)COP(=O)(O)OC[C@@H](COC(=O)CCCCCCCCCC(C)C)OC(=O)CCCCCCCCCCCCCCCCCCCCC(C)CC. The molecule has 3 N–H and O–H groups in total. The summed E-state index contributed by atoms with van der Waals surface area (Å²) in [5, 5.41) is 10.7. The number of hydrogen-bond acceptors (Lipinski definition) is 15. The van der Waals surface area contributed by atoms with E-state index < -0.39 is 97.5 Å². The summed E-state index contributed by atoms with van der Waals surface area (Å²) in [7, 11) is -9.93. The summed E-state index contributed by atoms with van der Waals surface area (Å²) in [4.78, 5) is 73.3. The second-order valence-corrected chi connectivity index (χ2v) is 36.1. The minimum atomic E-state index is -4.97. The molecule has 108 heavy (non-hydrogen) atoms. The summed E-state index contributed by atoms with van der Waals surface area (Å²) in [6.45, 7) is 14.4. The number of carbonyl (C=O) groups excluding carboxylic acids is 4. The fourth-order valence-corrected chi connectivity index (χ4v) is 15.3. The molecule has 642 valence electrons. The summed E-state index contributed by atoms with van der Waals surface area (Å²) in [6.07, 6.45) is 68.1. The monoisotopic (exact) mass is 1580 g/mol. The van der Waals surface area contributed by atoms with Crippen molar-refractivity contribution in [2.45, 2.75) is 485 Å². The predicted octanol–water partition coefficient (Wildman–Crippen LogP) is 27.1. The first-order valence-corrected chi connectivity index (χ1v) is 48.8. The van der Waals surface area contributed by atoms with Gasteiger partial charge in [0.15, 0.2) is 12.2 Å². The summed E-state index contributed by atoms with van der Waals surface area (Å²) in [5.74, 6) is 1.15. The van der Waals surface area contributed by atoms with Gasteiger partial charge in [0.25, 0.3) is 0 Å². The van der Waals surface area contributed by atoms with E-state index >= 15 is 0 Å². The van der Waals surface area contributed by atoms with Gasteiger partial charge in [-0.15, -0.1) is 0 Å². The fraction of sp³-hybridized carbons (Fsp3) is 0.955. The van der Waals surface area contributed by atoms with Crippen LogP contribution in [0.2, 0.25) is 0 Å². The van der Waals surface area contributed by atoms with Crippen molar-refractivity contribution in [3.05, 3.63) is 0 Å². The second-order valence-electron chi connectivity index (χ2n) is 33.2. The number of esters is 4. The zero-order valence-corrected chi connectivity index (χ0v) is 73.3. The van der Waals surface area contributed by atoms with Gasteiger partial charge < -0.3 is 33.8 Å². The molecule has 0 spiro atoms. The lowest BCUT2D eigenvalue weighted by atomic mass is 9.99. The number of unbranched alkanes of at least 4 members (excludes halogenated alkanes) is 49. The Balaban J connectivity index is 5.19. The average Bonchev–Trinajstić information content (AvgIpc) is 0.901. The van der Waals surface area contributed by atoms with Crippen LogP contribution in [0.25, 0.3) is 0 Å². The third-order valence-corrected chi connectivity index (χ3v) is 23.8. The van der Waals surface area contributed by atoms with Crippen LogP contribution in [0.1, 0.15) is 466 Å². The maximum absolute atomic E-state index is 13.2. The van der Waals surface area contributed by atoms with Crippen LogP contribution in [-0.4, -0.2) is 96.7 Å². The van der Waals surface area contributed by atoms with Crippen molar-refractivity contribution in [1.29, 1.82) is 0 Å². The largest absolute Gasteiger partial charge is 0.472 e. The normalized spacial score (nSPS) is 14.6. The van der Waals surface area contributed by atoms with Gasteiger partial charge in [0.1, 0.15) is 19.3 Å². The Bertz CT molecular complexity index is 2100. The summed E-state index contributed by atoms with van der Waals surface area (Å²) in [6, 6.07) is 0. The third kappa shape index (κ3) is 78.0. The highest BCUT2D eigenvalue weighted by Crippen LogP contribution is 2.45. The molecule has 0 heterocycles. The number of ether oxygens (including phenoxy) is 4. The Hall–Kier alpha value is -1.94. The Morgan fingerprint density at radius 3 is 0.657 bits per heavy atom. The van der Waals surface area contributed by atoms with Gasteiger partial charge in [0.05, 0.1) is 26.4 Å². The molecule has 0 aromatic carbocycles. The molecule has 0 rings (SSSR count). The van der Waals surface area contributed by atoms with E-state index in [-0.39, 0.29) is 25.7 Å². The zero-order valence-electron chi connectivity index (χ0n) is 71.5. The second kappa shape index (κ2) is 77.6. The Labute approximate surface area is 664 Å². The lowest BCUT2D eigenvalue weighted by Gasteiger charge is -2.21. The van der Waals surface area contributed by atoms with Gasteiger partial charge in [-0.2, -0.15) is 0 Å². The fourth-order valence-electron chi connectivity index (χ4n) is 13.8. The number of phosphoric acid groups is 2. The minimum Gasteiger partial charge on any atom is -0.462 e. The van der Waals surface area contributed by atoms with Crippen molar-refractivity contribution in [2.24, 2.45) is 23.7 Å². The molecule has 0 radical (unpaired) electrons. The maximum Gasteiger partial charge on any atom is 0.472 e. The molecule has 0 bridgehead atoms. The lowest BCUT2D eigenvalue weighted by Crippen LogP contribution is -2.30. The van der Waals surface area contributed by atoms with Gasteiger partial charge in [-0.3, -0.25) is 37.3 Å². The van der Waals surface area contributed by atoms with Crippen LogP contribution in [0.15, 0.2) is 0 Å². The van der Waals surface area contributed by atoms with Crippen molar-refractivity contribution in [3.63, 3.8) is 0 Å². The molecule has 0 saturated heterocycles. The molecular weight excluding hydrogens is 1400 g/mol. The summed E-state index contributed by atoms with van der Waals surface area (Å²) < 4.78 is 68.9. The molecular formula is C89H174O17P2. The van der Waals surface area contributed by atoms with Gasteiger partial charge in [-0.25, -0.2) is 9.13 Å². The highest BCUT2D eigenvalue weighted by Gasteiger charge is 2.31. The standard InChI is InChI=1S/C89H174O17P2/c1-9-80(6)66-58-50-42-34-28-24-20-16-12-14-18-22-26-30-38-46-55-63-71-88(93)105-84(75-99-86(91)69-61-53-45-37-33-32-36-44-52-60-68-82(8)11-3)77-103-107(95,96)101-73-83(90)74-102-108(97,98)104-78-85(76-100-87(92)70-62-54-48-40-41-49-57-65-79(4)5)106-89(94)72-64-56-47-39-31-27-23-19-15-13-17-21-25-29-35-43-51-59-67-81(7)10-2/h79-85,90H,9-78H2,1-8H3,(H,95,96)(H,97,98)/t80?,81?,82?,83?,84-,85-/m1/s1. The third-order valence-electron chi connectivity index (χ3n) is 21.9. The van der Waals surface area contributed by atoms with Gasteiger partial charge in [0.2, 0.25) is 0 Å². The van der Waals surface area contributed by atoms with Gasteiger partial charge in [0, 0.05) is 25.7 Å². The van der Waals surface area contributed by atoms with E-state index in [0.717, 1.165) is 114 Å². The van der Waals surface area contributed by atoms with E-state index in [9.17, 15) is 43.2 Å². The van der Waals surface area contributed by atoms with E-state index in [2.05, 4.69) is 55.4 Å². The number of hydrogen-bond donors (Lipinski definition) is 3. The van der Waals surface area contributed by atoms with Gasteiger partial charge >= 0.3 is 39.5 Å². The summed E-state index contributed by atoms with van der Waals surface area (Å²) in [5.41, 5.74) is 0. The number of aliphatic hydroxyl groups excluding tert-OH is 1. The van der Waals surface area contributed by atoms with Crippen LogP contribution in [0.4, 0.5) is 0 Å². The topological polar surface area (TPSA) is 237 Å². The molecule has 17 nitrogen and oxygen atoms in total. The Morgan fingerprint density at radius 2 is 0.444 bits per heavy atom. The van der Waals surface area contributed by atoms with Crippen molar-refractivity contribution >= 4 is 39.5 Å². The zero-order chi connectivity index (χ0) is 79.5. The maximum atomic E-state index is 13.2. The van der Waals surface area contributed by atoms with Crippen molar-refractivity contribution < 1.29 is 80.2 Å². The molecule has 0 aliphatic heterocycles. The number of aliphatic hydroxyl groups is 1. The van der Waals surface area contributed by atoms with Gasteiger partial charge in [-0.05, 0) is 49.4 Å².